The molecule has 2 aromatic rings. The van der Waals surface area contributed by atoms with Crippen LogP contribution in [-0.2, 0) is 37.5 Å². The highest BCUT2D eigenvalue weighted by Crippen LogP contribution is 2.51. The van der Waals surface area contributed by atoms with E-state index in [1.807, 2.05) is 12.1 Å². The van der Waals surface area contributed by atoms with E-state index in [-0.39, 0.29) is 37.5 Å². The van der Waals surface area contributed by atoms with Crippen molar-refractivity contribution in [2.24, 2.45) is 0 Å². The highest BCUT2D eigenvalue weighted by atomic mass is 33.1. The number of aromatic nitrogens is 3. The summed E-state index contributed by atoms with van der Waals surface area (Å²) >= 11 is 0. The fourth-order valence-electron chi connectivity index (χ4n) is 5.10. The average Bonchev–Trinajstić information content (AvgIpc) is 3.51. The number of amides is 2. The van der Waals surface area contributed by atoms with Crippen molar-refractivity contribution in [3.63, 3.8) is 0 Å². The van der Waals surface area contributed by atoms with Crippen LogP contribution in [0.15, 0.2) is 46.5 Å². The van der Waals surface area contributed by atoms with Gasteiger partial charge in [0.15, 0.2) is 0 Å². The van der Waals surface area contributed by atoms with Crippen LogP contribution in [0.5, 0.6) is 0 Å². The largest absolute Gasteiger partial charge is 0.477 e. The maximum atomic E-state index is 13.0. The molecular weight excluding hydrogens is 707 g/mol. The summed E-state index contributed by atoms with van der Waals surface area (Å²) in [5, 5.41) is 26.1. The predicted molar refractivity (Wildman–Crippen MR) is 176 cm³/mol. The number of aliphatic hydroxyl groups is 1. The van der Waals surface area contributed by atoms with Gasteiger partial charge in [-0.15, -0.1) is 0 Å². The molecule has 7 N–H and O–H groups in total. The molecule has 2 fully saturated rings. The maximum Gasteiger partial charge on any atom is 0.475 e. The van der Waals surface area contributed by atoms with Gasteiger partial charge in [-0.1, -0.05) is 16.9 Å². The number of phosphoric acid groups is 1. The van der Waals surface area contributed by atoms with Crippen molar-refractivity contribution in [2.45, 2.75) is 86.8 Å². The molecule has 4 heterocycles. The molecule has 2 amide bonds. The number of nitrogens with zero attached hydrogens (tertiary/aromatic N) is 3. The third-order valence-corrected chi connectivity index (χ3v) is 10.7. The standard InChI is InChI=1S/C28H39N6O12PS2/c1-17(35)14-20-19(32-23(37)15-31-22(36)9-13-48-49-24-4-2-3-11-30-24)7-10-28(45-20,26(38)39)46-47(41,42)43-16-18-5-6-25(44-18)34-12-8-21(29)33-27(34)40/h2-4,8,11-12,17-20,25,35H,5-7,9-10,13-16H2,1H3,(H,31,36)(H,32,37)(H,38,39)(H,41,42)(H2,29,33,40). The van der Waals surface area contributed by atoms with Crippen molar-refractivity contribution >= 4 is 53.0 Å². The first-order valence-corrected chi connectivity index (χ1v) is 19.1. The van der Waals surface area contributed by atoms with Gasteiger partial charge in [-0.2, -0.15) is 4.98 Å². The predicted octanol–water partition coefficient (Wildman–Crippen LogP) is 1.19. The molecule has 0 aromatic carbocycles. The Morgan fingerprint density at radius 3 is 2.73 bits per heavy atom. The topological polar surface area (TPSA) is 264 Å². The number of phosphoric ester groups is 1. The molecule has 18 nitrogen and oxygen atoms in total. The number of ether oxygens (including phenoxy) is 2. The molecule has 0 spiro atoms. The summed E-state index contributed by atoms with van der Waals surface area (Å²) in [6, 6.07) is 6.11. The van der Waals surface area contributed by atoms with Gasteiger partial charge in [-0.05, 0) is 55.2 Å². The second kappa shape index (κ2) is 17.7. The molecule has 2 aliphatic rings. The zero-order valence-corrected chi connectivity index (χ0v) is 28.9. The molecule has 270 valence electrons. The number of hydrogen-bond acceptors (Lipinski definition) is 15. The van der Waals surface area contributed by atoms with E-state index in [4.69, 9.17) is 24.3 Å². The number of rotatable bonds is 17. The summed E-state index contributed by atoms with van der Waals surface area (Å²) in [5.41, 5.74) is 4.88. The van der Waals surface area contributed by atoms with Crippen LogP contribution in [0.3, 0.4) is 0 Å². The molecule has 49 heavy (non-hydrogen) atoms. The van der Waals surface area contributed by atoms with E-state index in [0.29, 0.717) is 18.6 Å². The smallest absolute Gasteiger partial charge is 0.475 e. The summed E-state index contributed by atoms with van der Waals surface area (Å²) in [6.07, 6.45) is -0.392. The lowest BCUT2D eigenvalue weighted by molar-refractivity contribution is -0.257. The molecule has 4 rings (SSSR count). The lowest BCUT2D eigenvalue weighted by Crippen LogP contribution is -2.59. The van der Waals surface area contributed by atoms with E-state index in [1.54, 1.807) is 12.3 Å². The van der Waals surface area contributed by atoms with Crippen molar-refractivity contribution in [1.29, 1.82) is 0 Å². The van der Waals surface area contributed by atoms with Crippen molar-refractivity contribution < 1.29 is 52.6 Å². The Labute approximate surface area is 288 Å². The van der Waals surface area contributed by atoms with Crippen molar-refractivity contribution in [1.82, 2.24) is 25.2 Å². The summed E-state index contributed by atoms with van der Waals surface area (Å²) in [7, 11) is -2.22. The fourth-order valence-corrected chi connectivity index (χ4v) is 7.96. The minimum absolute atomic E-state index is 0.0426. The Morgan fingerprint density at radius 2 is 2.04 bits per heavy atom. The SMILES string of the molecule is CC(O)CC1OC(OP(=O)(O)OCC2CCC(n3ccc(N)nc3=O)O2)(C(=O)O)CCC1NC(=O)CNC(=O)CCSSc1ccccn1. The Hall–Kier alpha value is -3.07. The number of anilines is 1. The normalized spacial score (nSPS) is 25.6. The van der Waals surface area contributed by atoms with E-state index in [2.05, 4.69) is 20.6 Å². The van der Waals surface area contributed by atoms with Crippen molar-refractivity contribution in [3.05, 3.63) is 47.1 Å². The van der Waals surface area contributed by atoms with E-state index in [9.17, 15) is 38.8 Å². The molecule has 0 bridgehead atoms. The van der Waals surface area contributed by atoms with Crippen molar-refractivity contribution in [3.8, 4) is 0 Å². The number of carbonyl (C=O) groups is 3. The maximum absolute atomic E-state index is 13.0. The minimum Gasteiger partial charge on any atom is -0.477 e. The molecule has 2 aliphatic heterocycles. The lowest BCUT2D eigenvalue weighted by Gasteiger charge is -2.42. The number of carboxylic acid groups (broad SMARTS) is 1. The molecule has 7 atom stereocenters. The van der Waals surface area contributed by atoms with E-state index in [1.165, 1.54) is 45.3 Å². The van der Waals surface area contributed by atoms with Gasteiger partial charge in [0.25, 0.3) is 5.79 Å². The van der Waals surface area contributed by atoms with Crippen LogP contribution in [0.1, 0.15) is 51.7 Å². The number of carboxylic acids is 1. The molecule has 21 heteroatoms. The van der Waals surface area contributed by atoms with Gasteiger partial charge in [0.05, 0.1) is 37.5 Å². The third kappa shape index (κ3) is 11.8. The first kappa shape index (κ1) is 38.7. The van der Waals surface area contributed by atoms with Gasteiger partial charge in [-0.25, -0.2) is 23.7 Å². The summed E-state index contributed by atoms with van der Waals surface area (Å²) in [6.45, 7) is 0.594. The second-order valence-electron chi connectivity index (χ2n) is 11.3. The second-order valence-corrected chi connectivity index (χ2v) is 15.1. The number of pyridine rings is 1. The number of aliphatic carboxylic acids is 1. The first-order chi connectivity index (χ1) is 23.2. The molecule has 0 aliphatic carbocycles. The van der Waals surface area contributed by atoms with Gasteiger partial charge in [-0.3, -0.25) is 18.7 Å². The minimum atomic E-state index is -5.09. The van der Waals surface area contributed by atoms with Gasteiger partial charge in [0, 0.05) is 37.4 Å². The van der Waals surface area contributed by atoms with E-state index < -0.39 is 74.8 Å². The van der Waals surface area contributed by atoms with Gasteiger partial charge in [0.1, 0.15) is 17.1 Å². The van der Waals surface area contributed by atoms with Crippen LogP contribution in [0.25, 0.3) is 0 Å². The van der Waals surface area contributed by atoms with Gasteiger partial charge >= 0.3 is 19.5 Å². The highest BCUT2D eigenvalue weighted by molar-refractivity contribution is 8.76. The average molecular weight is 747 g/mol. The Kier molecular flexibility index (Phi) is 14.0. The molecule has 7 unspecified atom stereocenters. The van der Waals surface area contributed by atoms with Crippen LogP contribution in [0.2, 0.25) is 0 Å². The quantitative estimate of drug-likeness (QED) is 0.0754. The van der Waals surface area contributed by atoms with Crippen LogP contribution < -0.4 is 22.1 Å². The zero-order chi connectivity index (χ0) is 35.6. The summed E-state index contributed by atoms with van der Waals surface area (Å²) in [5.74, 6) is -4.78. The van der Waals surface area contributed by atoms with Crippen LogP contribution in [0, 0.1) is 0 Å². The summed E-state index contributed by atoms with van der Waals surface area (Å²) < 4.78 is 35.8. The van der Waals surface area contributed by atoms with E-state index in [0.717, 1.165) is 5.03 Å². The Morgan fingerprint density at radius 1 is 1.24 bits per heavy atom. The van der Waals surface area contributed by atoms with Crippen molar-refractivity contribution in [2.75, 3.05) is 24.6 Å². The summed E-state index contributed by atoms with van der Waals surface area (Å²) in [4.78, 5) is 67.8. The molecule has 2 saturated heterocycles. The third-order valence-electron chi connectivity index (χ3n) is 7.39. The number of nitrogens with one attached hydrogen (secondary N) is 2. The van der Waals surface area contributed by atoms with Gasteiger partial charge in [0.2, 0.25) is 11.8 Å². The Balaban J connectivity index is 1.27. The Bertz CT molecular complexity index is 1560. The number of carbonyl (C=O) groups excluding carboxylic acids is 2. The molecule has 0 saturated carbocycles. The number of nitrogens with two attached hydrogens (primary N) is 1. The first-order valence-electron chi connectivity index (χ1n) is 15.3. The number of hydrogen-bond donors (Lipinski definition) is 6. The highest BCUT2D eigenvalue weighted by Gasteiger charge is 2.53. The lowest BCUT2D eigenvalue weighted by atomic mass is 9.93. The van der Waals surface area contributed by atoms with Gasteiger partial charge < -0.3 is 40.9 Å². The number of nitrogen functional groups attached to an aromatic ring is 1. The van der Waals surface area contributed by atoms with E-state index >= 15 is 0 Å². The van der Waals surface area contributed by atoms with Crippen LogP contribution in [0.4, 0.5) is 5.82 Å². The molecule has 2 aromatic heterocycles. The molecule has 0 radical (unpaired) electrons. The van der Waals surface area contributed by atoms with Crippen LogP contribution in [-0.4, -0.2) is 96.5 Å². The molecular formula is C28H39N6O12PS2. The zero-order valence-electron chi connectivity index (χ0n) is 26.4. The van der Waals surface area contributed by atoms with Crippen LogP contribution >= 0.6 is 29.4 Å². The monoisotopic (exact) mass is 746 g/mol. The fraction of sp³-hybridized carbons (Fsp3) is 0.571. The number of aliphatic hydroxyl groups excluding tert-OH is 1.